The molecular formula is C20H25NO5S2. The number of carbonyl (C=O) groups is 2. The highest BCUT2D eigenvalue weighted by atomic mass is 32.2. The van der Waals surface area contributed by atoms with Crippen LogP contribution in [0.1, 0.15) is 45.4 Å². The third-order valence-corrected chi connectivity index (χ3v) is 6.69. The number of benzene rings is 1. The highest BCUT2D eigenvalue weighted by molar-refractivity contribution is 8.01. The van der Waals surface area contributed by atoms with Gasteiger partial charge in [-0.2, -0.15) is 0 Å². The molecule has 1 fully saturated rings. The van der Waals surface area contributed by atoms with Crippen molar-refractivity contribution in [3.8, 4) is 0 Å². The first-order valence-electron chi connectivity index (χ1n) is 9.65. The quantitative estimate of drug-likeness (QED) is 0.295. The molecule has 1 aromatic carbocycles. The maximum Gasteiger partial charge on any atom is 0.508 e. The van der Waals surface area contributed by atoms with Crippen LogP contribution in [0.4, 0.5) is 4.79 Å². The van der Waals surface area contributed by atoms with Gasteiger partial charge >= 0.3 is 12.1 Å². The molecule has 1 aliphatic rings. The van der Waals surface area contributed by atoms with E-state index in [0.717, 1.165) is 40.2 Å². The molecule has 3 rings (SSSR count). The molecule has 1 aliphatic heterocycles. The number of para-hydroxylation sites is 1. The van der Waals surface area contributed by atoms with Gasteiger partial charge in [-0.3, -0.25) is 4.79 Å². The fourth-order valence-corrected chi connectivity index (χ4v) is 5.05. The minimum absolute atomic E-state index is 0.0746. The number of fused-ring (bicyclic) bond motifs is 1. The van der Waals surface area contributed by atoms with Crippen LogP contribution in [-0.4, -0.2) is 41.7 Å². The van der Waals surface area contributed by atoms with Crippen molar-refractivity contribution in [2.24, 2.45) is 0 Å². The lowest BCUT2D eigenvalue weighted by atomic mass is 10.1. The van der Waals surface area contributed by atoms with Crippen molar-refractivity contribution in [2.45, 2.75) is 62.0 Å². The number of hydrogen-bond donors (Lipinski definition) is 0. The number of rotatable bonds is 10. The van der Waals surface area contributed by atoms with Crippen molar-refractivity contribution < 1.29 is 23.8 Å². The van der Waals surface area contributed by atoms with Crippen molar-refractivity contribution >= 4 is 45.4 Å². The Labute approximate surface area is 172 Å². The highest BCUT2D eigenvalue weighted by Crippen LogP contribution is 2.31. The number of thioether (sulfide) groups is 1. The number of ether oxygens (including phenoxy) is 3. The van der Waals surface area contributed by atoms with Crippen LogP contribution in [0.2, 0.25) is 0 Å². The molecule has 0 spiro atoms. The Balaban J connectivity index is 1.43. The van der Waals surface area contributed by atoms with E-state index < -0.39 is 12.3 Å². The summed E-state index contributed by atoms with van der Waals surface area (Å²) in [7, 11) is 0. The lowest BCUT2D eigenvalue weighted by Crippen LogP contribution is -2.37. The van der Waals surface area contributed by atoms with Crippen LogP contribution in [0.25, 0.3) is 10.2 Å². The summed E-state index contributed by atoms with van der Waals surface area (Å²) in [4.78, 5) is 28.3. The highest BCUT2D eigenvalue weighted by Gasteiger charge is 2.32. The summed E-state index contributed by atoms with van der Waals surface area (Å²) in [6.07, 6.45) is 3.24. The van der Waals surface area contributed by atoms with Crippen LogP contribution in [0.3, 0.4) is 0 Å². The molecule has 28 heavy (non-hydrogen) atoms. The van der Waals surface area contributed by atoms with E-state index in [1.54, 1.807) is 23.1 Å². The van der Waals surface area contributed by atoms with Crippen LogP contribution in [-0.2, 0) is 19.0 Å². The van der Waals surface area contributed by atoms with Crippen molar-refractivity contribution in [3.05, 3.63) is 24.3 Å². The topological polar surface area (TPSA) is 74.7 Å². The fraction of sp³-hybridized carbons (Fsp3) is 0.550. The minimum Gasteiger partial charge on any atom is -0.466 e. The Morgan fingerprint density at radius 1 is 1.25 bits per heavy atom. The zero-order valence-corrected chi connectivity index (χ0v) is 17.6. The van der Waals surface area contributed by atoms with E-state index in [-0.39, 0.29) is 18.5 Å². The number of cyclic esters (lactones) is 2. The average molecular weight is 424 g/mol. The van der Waals surface area contributed by atoms with Crippen LogP contribution in [0, 0.1) is 0 Å². The van der Waals surface area contributed by atoms with Crippen molar-refractivity contribution in [3.63, 3.8) is 0 Å². The average Bonchev–Trinajstić information content (AvgIpc) is 3.09. The van der Waals surface area contributed by atoms with Crippen molar-refractivity contribution in [1.29, 1.82) is 0 Å². The summed E-state index contributed by atoms with van der Waals surface area (Å²) in [6.45, 7) is 2.56. The Bertz CT molecular complexity index is 761. The second-order valence-corrected chi connectivity index (χ2v) is 9.01. The summed E-state index contributed by atoms with van der Waals surface area (Å²) < 4.78 is 17.7. The van der Waals surface area contributed by atoms with Crippen LogP contribution in [0.15, 0.2) is 28.6 Å². The maximum absolute atomic E-state index is 12.0. The second-order valence-electron chi connectivity index (χ2n) is 6.71. The van der Waals surface area contributed by atoms with E-state index in [9.17, 15) is 9.59 Å². The number of thiazole rings is 1. The molecule has 0 aliphatic carbocycles. The first kappa shape index (κ1) is 20.9. The van der Waals surface area contributed by atoms with Gasteiger partial charge in [0.25, 0.3) is 0 Å². The van der Waals surface area contributed by atoms with Crippen molar-refractivity contribution in [2.75, 3.05) is 12.4 Å². The zero-order chi connectivity index (χ0) is 19.8. The van der Waals surface area contributed by atoms with E-state index >= 15 is 0 Å². The molecule has 0 amide bonds. The van der Waals surface area contributed by atoms with E-state index in [0.29, 0.717) is 18.8 Å². The third-order valence-electron chi connectivity index (χ3n) is 4.37. The predicted octanol–water partition coefficient (Wildman–Crippen LogP) is 5.20. The molecule has 152 valence electrons. The maximum atomic E-state index is 12.0. The fourth-order valence-electron chi connectivity index (χ4n) is 2.95. The number of nitrogens with zero attached hydrogens (tertiary/aromatic N) is 1. The van der Waals surface area contributed by atoms with Crippen molar-refractivity contribution in [1.82, 2.24) is 4.98 Å². The molecule has 0 saturated carbocycles. The summed E-state index contributed by atoms with van der Waals surface area (Å²) in [5, 5.41) is 0. The smallest absolute Gasteiger partial charge is 0.466 e. The predicted molar refractivity (Wildman–Crippen MR) is 110 cm³/mol. The molecule has 0 bridgehead atoms. The van der Waals surface area contributed by atoms with E-state index in [4.69, 9.17) is 14.2 Å². The molecule has 0 N–H and O–H groups in total. The van der Waals surface area contributed by atoms with Gasteiger partial charge in [0.1, 0.15) is 12.2 Å². The Kier molecular flexibility index (Phi) is 7.97. The van der Waals surface area contributed by atoms with Gasteiger partial charge in [-0.05, 0) is 18.6 Å². The zero-order valence-electron chi connectivity index (χ0n) is 15.9. The van der Waals surface area contributed by atoms with Gasteiger partial charge in [0.15, 0.2) is 4.34 Å². The molecule has 8 heteroatoms. The monoisotopic (exact) mass is 423 g/mol. The minimum atomic E-state index is -0.720. The molecule has 2 heterocycles. The standard InChI is InChI=1S/C20H25NO5S2/c1-2-3-4-7-10-24-18(22)12-14-11-15(26-20(23)25-14)13-27-19-21-16-8-5-6-9-17(16)28-19/h5-6,8-9,14-15H,2-4,7,10-13H2,1H3/t14-,15+/m1/s1. The first-order chi connectivity index (χ1) is 13.6. The SMILES string of the molecule is CCCCCCOC(=O)C[C@H]1C[C@@H](CSc2nc3ccccc3s2)OC(=O)O1. The second kappa shape index (κ2) is 10.7. The van der Waals surface area contributed by atoms with Crippen LogP contribution < -0.4 is 0 Å². The lowest BCUT2D eigenvalue weighted by Gasteiger charge is -2.28. The summed E-state index contributed by atoms with van der Waals surface area (Å²) >= 11 is 3.17. The Morgan fingerprint density at radius 3 is 2.89 bits per heavy atom. The molecule has 2 aromatic rings. The van der Waals surface area contributed by atoms with Gasteiger partial charge in [-0.15, -0.1) is 11.3 Å². The first-order valence-corrected chi connectivity index (χ1v) is 11.5. The largest absolute Gasteiger partial charge is 0.508 e. The summed E-state index contributed by atoms with van der Waals surface area (Å²) in [5.41, 5.74) is 0.971. The molecule has 1 aromatic heterocycles. The number of esters is 1. The van der Waals surface area contributed by atoms with Gasteiger partial charge in [0.2, 0.25) is 0 Å². The van der Waals surface area contributed by atoms with Gasteiger partial charge in [0.05, 0.1) is 23.2 Å². The number of aromatic nitrogens is 1. The molecule has 0 unspecified atom stereocenters. The van der Waals surface area contributed by atoms with Crippen LogP contribution >= 0.6 is 23.1 Å². The Hall–Kier alpha value is -1.80. The van der Waals surface area contributed by atoms with Gasteiger partial charge in [-0.1, -0.05) is 50.1 Å². The van der Waals surface area contributed by atoms with Gasteiger partial charge < -0.3 is 14.2 Å². The number of hydrogen-bond acceptors (Lipinski definition) is 8. The third kappa shape index (κ3) is 6.38. The Morgan fingerprint density at radius 2 is 2.07 bits per heavy atom. The molecular weight excluding hydrogens is 398 g/mol. The number of carbonyl (C=O) groups excluding carboxylic acids is 2. The lowest BCUT2D eigenvalue weighted by molar-refractivity contribution is -0.148. The van der Waals surface area contributed by atoms with Gasteiger partial charge in [0, 0.05) is 12.2 Å². The van der Waals surface area contributed by atoms with E-state index in [2.05, 4.69) is 11.9 Å². The summed E-state index contributed by atoms with van der Waals surface area (Å²) in [5.74, 6) is 0.256. The molecule has 1 saturated heterocycles. The molecule has 6 nitrogen and oxygen atoms in total. The molecule has 2 atom stereocenters. The van der Waals surface area contributed by atoms with Gasteiger partial charge in [-0.25, -0.2) is 9.78 Å². The number of unbranched alkanes of at least 4 members (excludes halogenated alkanes) is 3. The van der Waals surface area contributed by atoms with E-state index in [1.165, 1.54) is 0 Å². The normalized spacial score (nSPS) is 19.2. The summed E-state index contributed by atoms with van der Waals surface area (Å²) in [6, 6.07) is 7.97. The molecule has 0 radical (unpaired) electrons. The van der Waals surface area contributed by atoms with E-state index in [1.807, 2.05) is 24.3 Å². The van der Waals surface area contributed by atoms with Crippen LogP contribution in [0.5, 0.6) is 0 Å².